The molecule has 2 aromatic carbocycles. The Morgan fingerprint density at radius 2 is 1.81 bits per heavy atom. The molecule has 0 aliphatic rings. The van der Waals surface area contributed by atoms with Gasteiger partial charge in [-0.05, 0) is 38.1 Å². The van der Waals surface area contributed by atoms with Gasteiger partial charge in [0.25, 0.3) is 0 Å². The second-order valence-electron chi connectivity index (χ2n) is 5.80. The molecule has 0 fully saturated rings. The standard InChI is InChI=1S/C20H21N5O2/c1-3-27-17-10-5-4-9-16(17)25-20-18(21)19(22-12-23-20)24-15-8-6-7-14(11-15)13(2)26/h4-12H,3,21H2,1-2H3,(H2,22,23,24,25). The second kappa shape index (κ2) is 8.18. The molecule has 0 spiro atoms. The van der Waals surface area contributed by atoms with Crippen molar-refractivity contribution < 1.29 is 9.53 Å². The molecular weight excluding hydrogens is 342 g/mol. The van der Waals surface area contributed by atoms with Gasteiger partial charge in [0, 0.05) is 11.3 Å². The average Bonchev–Trinajstić information content (AvgIpc) is 2.67. The van der Waals surface area contributed by atoms with Gasteiger partial charge in [-0.25, -0.2) is 9.97 Å². The van der Waals surface area contributed by atoms with Crippen molar-refractivity contribution in [2.24, 2.45) is 0 Å². The maximum atomic E-state index is 11.6. The van der Waals surface area contributed by atoms with Crippen LogP contribution in [0.25, 0.3) is 0 Å². The smallest absolute Gasteiger partial charge is 0.159 e. The van der Waals surface area contributed by atoms with E-state index in [1.807, 2.05) is 37.3 Å². The first kappa shape index (κ1) is 18.2. The van der Waals surface area contributed by atoms with Crippen molar-refractivity contribution in [3.05, 3.63) is 60.4 Å². The van der Waals surface area contributed by atoms with Crippen molar-refractivity contribution in [3.8, 4) is 5.75 Å². The number of hydrogen-bond donors (Lipinski definition) is 3. The number of rotatable bonds is 7. The summed E-state index contributed by atoms with van der Waals surface area (Å²) in [4.78, 5) is 20.0. The average molecular weight is 363 g/mol. The lowest BCUT2D eigenvalue weighted by Crippen LogP contribution is -2.06. The summed E-state index contributed by atoms with van der Waals surface area (Å²) in [5.74, 6) is 1.61. The van der Waals surface area contributed by atoms with Crippen molar-refractivity contribution in [1.82, 2.24) is 9.97 Å². The predicted octanol–water partition coefficient (Wildman–Crippen LogP) is 4.15. The van der Waals surface area contributed by atoms with Gasteiger partial charge in [0.15, 0.2) is 17.4 Å². The largest absolute Gasteiger partial charge is 0.492 e. The summed E-state index contributed by atoms with van der Waals surface area (Å²) in [5, 5.41) is 6.32. The fraction of sp³-hybridized carbons (Fsp3) is 0.150. The van der Waals surface area contributed by atoms with Crippen LogP contribution in [0, 0.1) is 0 Å². The van der Waals surface area contributed by atoms with Crippen LogP contribution in [0.15, 0.2) is 54.9 Å². The van der Waals surface area contributed by atoms with Crippen LogP contribution < -0.4 is 21.1 Å². The molecule has 7 nitrogen and oxygen atoms in total. The molecule has 7 heteroatoms. The van der Waals surface area contributed by atoms with Crippen molar-refractivity contribution >= 4 is 34.5 Å². The Morgan fingerprint density at radius 1 is 1.07 bits per heavy atom. The number of nitrogen functional groups attached to an aromatic ring is 1. The molecule has 0 atom stereocenters. The molecule has 138 valence electrons. The number of anilines is 5. The van der Waals surface area contributed by atoms with E-state index in [-0.39, 0.29) is 5.78 Å². The van der Waals surface area contributed by atoms with E-state index < -0.39 is 0 Å². The summed E-state index contributed by atoms with van der Waals surface area (Å²) in [6.45, 7) is 4.00. The highest BCUT2D eigenvalue weighted by Crippen LogP contribution is 2.32. The highest BCUT2D eigenvalue weighted by molar-refractivity contribution is 5.95. The molecular formula is C20H21N5O2. The normalized spacial score (nSPS) is 10.3. The predicted molar refractivity (Wildman–Crippen MR) is 107 cm³/mol. The Balaban J connectivity index is 1.86. The van der Waals surface area contributed by atoms with Crippen LogP contribution in [0.2, 0.25) is 0 Å². The molecule has 27 heavy (non-hydrogen) atoms. The number of nitrogens with two attached hydrogens (primary N) is 1. The highest BCUT2D eigenvalue weighted by atomic mass is 16.5. The Kier molecular flexibility index (Phi) is 5.51. The van der Waals surface area contributed by atoms with E-state index >= 15 is 0 Å². The van der Waals surface area contributed by atoms with Gasteiger partial charge in [-0.15, -0.1) is 0 Å². The van der Waals surface area contributed by atoms with Crippen LogP contribution in [0.4, 0.5) is 28.7 Å². The highest BCUT2D eigenvalue weighted by Gasteiger charge is 2.11. The van der Waals surface area contributed by atoms with Crippen molar-refractivity contribution in [2.75, 3.05) is 23.0 Å². The molecule has 4 N–H and O–H groups in total. The van der Waals surface area contributed by atoms with E-state index in [9.17, 15) is 4.79 Å². The fourth-order valence-corrected chi connectivity index (χ4v) is 2.53. The number of nitrogens with zero attached hydrogens (tertiary/aromatic N) is 2. The van der Waals surface area contributed by atoms with E-state index in [0.717, 1.165) is 5.69 Å². The van der Waals surface area contributed by atoms with Gasteiger partial charge in [-0.1, -0.05) is 24.3 Å². The minimum Gasteiger partial charge on any atom is -0.492 e. The maximum absolute atomic E-state index is 11.6. The number of aromatic nitrogens is 2. The van der Waals surface area contributed by atoms with Gasteiger partial charge in [-0.3, -0.25) is 4.79 Å². The Hall–Kier alpha value is -3.61. The lowest BCUT2D eigenvalue weighted by Gasteiger charge is -2.15. The van der Waals surface area contributed by atoms with E-state index in [1.54, 1.807) is 18.2 Å². The zero-order valence-corrected chi connectivity index (χ0v) is 15.2. The molecule has 3 rings (SSSR count). The van der Waals surface area contributed by atoms with Gasteiger partial charge >= 0.3 is 0 Å². The van der Waals surface area contributed by atoms with Gasteiger partial charge in [0.1, 0.15) is 17.8 Å². The number of benzene rings is 2. The molecule has 0 radical (unpaired) electrons. The van der Waals surface area contributed by atoms with Crippen molar-refractivity contribution in [1.29, 1.82) is 0 Å². The number of nitrogens with one attached hydrogen (secondary N) is 2. The number of para-hydroxylation sites is 2. The van der Waals surface area contributed by atoms with Crippen LogP contribution in [0.3, 0.4) is 0 Å². The minimum atomic E-state index is -0.0100. The van der Waals surface area contributed by atoms with Crippen molar-refractivity contribution in [2.45, 2.75) is 13.8 Å². The first-order valence-electron chi connectivity index (χ1n) is 8.56. The number of hydrogen-bond acceptors (Lipinski definition) is 7. The third-order valence-corrected chi connectivity index (χ3v) is 3.86. The van der Waals surface area contributed by atoms with E-state index in [0.29, 0.717) is 40.9 Å². The van der Waals surface area contributed by atoms with Gasteiger partial charge < -0.3 is 21.1 Å². The van der Waals surface area contributed by atoms with E-state index in [1.165, 1.54) is 13.3 Å². The number of ketones is 1. The van der Waals surface area contributed by atoms with E-state index in [4.69, 9.17) is 10.5 Å². The van der Waals surface area contributed by atoms with Crippen LogP contribution in [-0.4, -0.2) is 22.4 Å². The molecule has 0 amide bonds. The first-order chi connectivity index (χ1) is 13.1. The van der Waals surface area contributed by atoms with E-state index in [2.05, 4.69) is 20.6 Å². The Labute approximate surface area is 157 Å². The summed E-state index contributed by atoms with van der Waals surface area (Å²) in [7, 11) is 0. The summed E-state index contributed by atoms with van der Waals surface area (Å²) in [5.41, 5.74) is 8.68. The Morgan fingerprint density at radius 3 is 2.56 bits per heavy atom. The SMILES string of the molecule is CCOc1ccccc1Nc1ncnc(Nc2cccc(C(C)=O)c2)c1N. The van der Waals surface area contributed by atoms with Gasteiger partial charge in [0.05, 0.1) is 12.3 Å². The topological polar surface area (TPSA) is 102 Å². The first-order valence-corrected chi connectivity index (χ1v) is 8.56. The lowest BCUT2D eigenvalue weighted by atomic mass is 10.1. The fourth-order valence-electron chi connectivity index (χ4n) is 2.53. The molecule has 0 aliphatic carbocycles. The maximum Gasteiger partial charge on any atom is 0.159 e. The molecule has 0 aliphatic heterocycles. The number of ether oxygens (including phenoxy) is 1. The van der Waals surface area contributed by atoms with Crippen LogP contribution in [0.1, 0.15) is 24.2 Å². The summed E-state index contributed by atoms with van der Waals surface area (Å²) >= 11 is 0. The molecule has 3 aromatic rings. The third-order valence-electron chi connectivity index (χ3n) is 3.86. The molecule has 0 unspecified atom stereocenters. The van der Waals surface area contributed by atoms with Gasteiger partial charge in [-0.2, -0.15) is 0 Å². The number of carbonyl (C=O) groups is 1. The molecule has 1 heterocycles. The monoisotopic (exact) mass is 363 g/mol. The van der Waals surface area contributed by atoms with Gasteiger partial charge in [0.2, 0.25) is 0 Å². The Bertz CT molecular complexity index is 959. The molecule has 0 saturated carbocycles. The quantitative estimate of drug-likeness (QED) is 0.542. The van der Waals surface area contributed by atoms with Crippen molar-refractivity contribution in [3.63, 3.8) is 0 Å². The zero-order chi connectivity index (χ0) is 19.2. The number of carbonyl (C=O) groups excluding carboxylic acids is 1. The summed E-state index contributed by atoms with van der Waals surface area (Å²) in [6.07, 6.45) is 1.42. The molecule has 1 aromatic heterocycles. The summed E-state index contributed by atoms with van der Waals surface area (Å²) < 4.78 is 5.62. The van der Waals surface area contributed by atoms with Crippen LogP contribution in [-0.2, 0) is 0 Å². The number of Topliss-reactive ketones (excluding diaryl/α,β-unsaturated/α-hetero) is 1. The zero-order valence-electron chi connectivity index (χ0n) is 15.2. The molecule has 0 saturated heterocycles. The minimum absolute atomic E-state index is 0.0100. The summed E-state index contributed by atoms with van der Waals surface area (Å²) in [6, 6.07) is 14.7. The third kappa shape index (κ3) is 4.33. The molecule has 0 bridgehead atoms. The van der Waals surface area contributed by atoms with Crippen LogP contribution in [0.5, 0.6) is 5.75 Å². The lowest BCUT2D eigenvalue weighted by molar-refractivity contribution is 0.101. The van der Waals surface area contributed by atoms with Crippen LogP contribution >= 0.6 is 0 Å². The second-order valence-corrected chi connectivity index (χ2v) is 5.80.